The minimum Gasteiger partial charge on any atom is -0.309 e. The van der Waals surface area contributed by atoms with Gasteiger partial charge in [-0.15, -0.1) is 0 Å². The molecule has 0 aliphatic heterocycles. The van der Waals surface area contributed by atoms with Gasteiger partial charge in [-0.05, 0) is 166 Å². The van der Waals surface area contributed by atoms with Crippen LogP contribution in [0.25, 0.3) is 166 Å². The topological polar surface area (TPSA) is 45.5 Å². The summed E-state index contributed by atoms with van der Waals surface area (Å²) in [6, 6.07) is 111. The van der Waals surface area contributed by atoms with Crippen LogP contribution < -0.4 is 0 Å². The fourth-order valence-corrected chi connectivity index (χ4v) is 15.3. The summed E-state index contributed by atoms with van der Waals surface area (Å²) in [4.78, 5) is 11.0. The molecule has 19 rings (SSSR count). The van der Waals surface area contributed by atoms with Gasteiger partial charge in [-0.1, -0.05) is 196 Å². The fourth-order valence-electron chi connectivity index (χ4n) is 15.3. The van der Waals surface area contributed by atoms with Gasteiger partial charge in [-0.25, -0.2) is 9.97 Å². The first kappa shape index (κ1) is 51.2. The average Bonchev–Trinajstić information content (AvgIpc) is 1.58. The zero-order chi connectivity index (χ0) is 60.1. The van der Waals surface area contributed by atoms with E-state index in [1.165, 1.54) is 71.3 Å². The quantitative estimate of drug-likeness (QED) is 0.152. The highest BCUT2D eigenvalue weighted by molar-refractivity contribution is 6.20. The molecular formula is C85H56N6. The molecule has 0 unspecified atom stereocenters. The second-order valence-electron chi connectivity index (χ2n) is 24.9. The van der Waals surface area contributed by atoms with E-state index in [1.807, 2.05) is 0 Å². The van der Waals surface area contributed by atoms with E-state index in [9.17, 15) is 0 Å². The molecule has 0 spiro atoms. The number of para-hydroxylation sites is 5. The Bertz CT molecular complexity index is 5950. The van der Waals surface area contributed by atoms with Crippen molar-refractivity contribution in [2.24, 2.45) is 0 Å². The van der Waals surface area contributed by atoms with Gasteiger partial charge in [0.2, 0.25) is 5.95 Å². The van der Waals surface area contributed by atoms with Crippen molar-refractivity contribution in [3.05, 3.63) is 314 Å². The lowest BCUT2D eigenvalue weighted by Gasteiger charge is -2.21. The Morgan fingerprint density at radius 1 is 0.231 bits per heavy atom. The van der Waals surface area contributed by atoms with Crippen LogP contribution in [0.3, 0.4) is 0 Å². The molecular weight excluding hydrogens is 1100 g/mol. The largest absolute Gasteiger partial charge is 0.309 e. The van der Waals surface area contributed by atoms with Crippen molar-refractivity contribution in [3.63, 3.8) is 0 Å². The van der Waals surface area contributed by atoms with Gasteiger partial charge in [-0.2, -0.15) is 0 Å². The summed E-state index contributed by atoms with van der Waals surface area (Å²) < 4.78 is 9.57. The van der Waals surface area contributed by atoms with Crippen molar-refractivity contribution in [1.29, 1.82) is 0 Å². The molecule has 1 aliphatic carbocycles. The fraction of sp³-hybridized carbons (Fsp3) is 0.0353. The zero-order valence-corrected chi connectivity index (χ0v) is 50.1. The Morgan fingerprint density at radius 2 is 0.571 bits per heavy atom. The molecule has 18 aromatic rings. The molecule has 0 N–H and O–H groups in total. The van der Waals surface area contributed by atoms with Crippen LogP contribution in [0.2, 0.25) is 0 Å². The summed E-state index contributed by atoms with van der Waals surface area (Å²) in [6.45, 7) is 4.78. The van der Waals surface area contributed by atoms with E-state index in [-0.39, 0.29) is 5.41 Å². The lowest BCUT2D eigenvalue weighted by molar-refractivity contribution is 0.661. The Morgan fingerprint density at radius 3 is 1.07 bits per heavy atom. The van der Waals surface area contributed by atoms with Crippen molar-refractivity contribution in [1.82, 2.24) is 28.2 Å². The number of benzene rings is 13. The van der Waals surface area contributed by atoms with Crippen molar-refractivity contribution in [2.45, 2.75) is 19.3 Å². The maximum Gasteiger partial charge on any atom is 0.235 e. The lowest BCUT2D eigenvalue weighted by atomic mass is 9.81. The normalized spacial score (nSPS) is 12.8. The molecule has 5 aromatic heterocycles. The molecule has 0 fully saturated rings. The number of hydrogen-bond donors (Lipinski definition) is 0. The van der Waals surface area contributed by atoms with E-state index in [2.05, 4.69) is 335 Å². The summed E-state index contributed by atoms with van der Waals surface area (Å²) in [6.07, 6.45) is 0. The van der Waals surface area contributed by atoms with Gasteiger partial charge in [0, 0.05) is 76.7 Å². The van der Waals surface area contributed by atoms with Crippen molar-refractivity contribution in [3.8, 4) is 78.9 Å². The maximum atomic E-state index is 5.48. The van der Waals surface area contributed by atoms with Gasteiger partial charge in [0.25, 0.3) is 0 Å². The van der Waals surface area contributed by atoms with E-state index >= 15 is 0 Å². The molecule has 5 heterocycles. The zero-order valence-electron chi connectivity index (χ0n) is 50.1. The monoisotopic (exact) mass is 1160 g/mol. The van der Waals surface area contributed by atoms with Crippen LogP contribution in [-0.4, -0.2) is 28.2 Å². The van der Waals surface area contributed by atoms with Crippen molar-refractivity contribution < 1.29 is 0 Å². The van der Waals surface area contributed by atoms with Crippen LogP contribution in [0.1, 0.15) is 25.0 Å². The summed E-state index contributed by atoms with van der Waals surface area (Å²) in [5, 5.41) is 9.54. The van der Waals surface area contributed by atoms with Gasteiger partial charge < -0.3 is 13.7 Å². The molecule has 426 valence electrons. The Hall–Kier alpha value is -11.9. The SMILES string of the molecule is CC1(C)c2ccc(-c3ccc4c(c3)c3cc(-c5ccc6c(c5)c5cc7c(cc5n6-c5nc(-c6ccccc6)cc(-c6ccccc6)n5)c5ccccc5n7-c5ccccc5)ccc3n4-c3ccccc3)cc2-c2cc3c(cc21)c1ccccc1n3-c1ccccc1. The first-order valence-electron chi connectivity index (χ1n) is 31.4. The molecule has 91 heavy (non-hydrogen) atoms. The highest BCUT2D eigenvalue weighted by Crippen LogP contribution is 2.53. The second-order valence-corrected chi connectivity index (χ2v) is 24.9. The van der Waals surface area contributed by atoms with E-state index in [4.69, 9.17) is 9.97 Å². The first-order valence-corrected chi connectivity index (χ1v) is 31.4. The minimum atomic E-state index is -0.184. The molecule has 1 aliphatic rings. The highest BCUT2D eigenvalue weighted by atomic mass is 15.2. The summed E-state index contributed by atoms with van der Waals surface area (Å²) >= 11 is 0. The predicted octanol–water partition coefficient (Wildman–Crippen LogP) is 21.8. The van der Waals surface area contributed by atoms with Crippen LogP contribution in [0.5, 0.6) is 0 Å². The second kappa shape index (κ2) is 19.6. The number of rotatable bonds is 8. The molecule has 0 bridgehead atoms. The van der Waals surface area contributed by atoms with Crippen LogP contribution in [0.4, 0.5) is 0 Å². The highest BCUT2D eigenvalue weighted by Gasteiger charge is 2.37. The molecule has 6 heteroatoms. The van der Waals surface area contributed by atoms with Gasteiger partial charge >= 0.3 is 0 Å². The average molecular weight is 1160 g/mol. The smallest absolute Gasteiger partial charge is 0.235 e. The van der Waals surface area contributed by atoms with E-state index in [1.54, 1.807) is 0 Å². The van der Waals surface area contributed by atoms with Gasteiger partial charge in [0.1, 0.15) is 0 Å². The van der Waals surface area contributed by atoms with Gasteiger partial charge in [-0.3, -0.25) is 4.57 Å². The third-order valence-electron chi connectivity index (χ3n) is 19.6. The standard InChI is InChI=1S/C85H56N6/c1-85(2)72-40-36-55(44-64(72)65-49-81-69(48-73(65)85)62-32-18-20-34-76(62)89(81)60-28-14-6-15-29-60)56-37-41-78-66(45-56)67-46-57(38-42-79(67)88(78)59-26-12-5-13-27-59)58-39-43-80-68(47-58)71-51-82-70(63-33-19-21-35-77(63)90(82)61-30-16-7-17-31-61)50-83(71)91(80)84-86-74(53-22-8-3-9-23-53)52-75(87-84)54-24-10-4-11-25-54/h3-52H,1-2H3. The summed E-state index contributed by atoms with van der Waals surface area (Å²) in [5.41, 5.74) is 26.1. The third kappa shape index (κ3) is 7.73. The van der Waals surface area contributed by atoms with E-state index < -0.39 is 0 Å². The number of hydrogen-bond acceptors (Lipinski definition) is 2. The maximum absolute atomic E-state index is 5.48. The first-order chi connectivity index (χ1) is 44.9. The lowest BCUT2D eigenvalue weighted by Crippen LogP contribution is -2.14. The Labute approximate surface area is 525 Å². The Kier molecular flexibility index (Phi) is 11.0. The predicted molar refractivity (Wildman–Crippen MR) is 379 cm³/mol. The van der Waals surface area contributed by atoms with Crippen LogP contribution in [0, 0.1) is 0 Å². The van der Waals surface area contributed by atoms with Crippen molar-refractivity contribution in [2.75, 3.05) is 0 Å². The van der Waals surface area contributed by atoms with Crippen molar-refractivity contribution >= 4 is 87.2 Å². The Balaban J connectivity index is 0.810. The third-order valence-corrected chi connectivity index (χ3v) is 19.6. The summed E-state index contributed by atoms with van der Waals surface area (Å²) in [5.74, 6) is 0.616. The minimum absolute atomic E-state index is 0.184. The number of fused-ring (bicyclic) bond motifs is 15. The van der Waals surface area contributed by atoms with Crippen LogP contribution in [0.15, 0.2) is 303 Å². The van der Waals surface area contributed by atoms with Gasteiger partial charge in [0.15, 0.2) is 0 Å². The molecule has 0 radical (unpaired) electrons. The van der Waals surface area contributed by atoms with Crippen LogP contribution >= 0.6 is 0 Å². The molecule has 6 nitrogen and oxygen atoms in total. The molecule has 13 aromatic carbocycles. The van der Waals surface area contributed by atoms with Gasteiger partial charge in [0.05, 0.1) is 55.5 Å². The number of nitrogens with zero attached hydrogens (tertiary/aromatic N) is 6. The molecule has 0 atom stereocenters. The van der Waals surface area contributed by atoms with E-state index in [0.29, 0.717) is 5.95 Å². The number of aromatic nitrogens is 6. The van der Waals surface area contributed by atoms with E-state index in [0.717, 1.165) is 100.0 Å². The molecule has 0 saturated heterocycles. The molecule has 0 saturated carbocycles. The molecule has 0 amide bonds. The summed E-state index contributed by atoms with van der Waals surface area (Å²) in [7, 11) is 0. The van der Waals surface area contributed by atoms with Crippen LogP contribution in [-0.2, 0) is 5.41 Å².